The number of ether oxygens (including phenoxy) is 2. The number of carboxylic acid groups (broad SMARTS) is 1. The number of amides is 2. The Bertz CT molecular complexity index is 843. The molecule has 0 unspecified atom stereocenters. The number of carbonyl (C=O) groups excluding carboxylic acids is 2. The van der Waals surface area contributed by atoms with Crippen LogP contribution in [0.2, 0.25) is 0 Å². The molecule has 0 radical (unpaired) electrons. The van der Waals surface area contributed by atoms with Crippen molar-refractivity contribution in [2.75, 3.05) is 6.54 Å². The van der Waals surface area contributed by atoms with E-state index in [9.17, 15) is 19.5 Å². The molecule has 152 valence electrons. The van der Waals surface area contributed by atoms with Crippen molar-refractivity contribution in [2.24, 2.45) is 0 Å². The maximum absolute atomic E-state index is 12.4. The van der Waals surface area contributed by atoms with Crippen LogP contribution in [0.5, 0.6) is 0 Å². The van der Waals surface area contributed by atoms with Crippen LogP contribution in [0, 0.1) is 0 Å². The number of benzene rings is 2. The van der Waals surface area contributed by atoms with Crippen molar-refractivity contribution in [3.63, 3.8) is 0 Å². The van der Waals surface area contributed by atoms with Gasteiger partial charge in [0.15, 0.2) is 0 Å². The molecule has 1 fully saturated rings. The summed E-state index contributed by atoms with van der Waals surface area (Å²) in [6.07, 6.45) is -1.32. The van der Waals surface area contributed by atoms with Crippen molar-refractivity contribution in [2.45, 2.75) is 31.7 Å². The third kappa shape index (κ3) is 5.71. The summed E-state index contributed by atoms with van der Waals surface area (Å²) in [6, 6.07) is 16.7. The number of nitrogens with one attached hydrogen (secondary N) is 1. The predicted molar refractivity (Wildman–Crippen MR) is 103 cm³/mol. The summed E-state index contributed by atoms with van der Waals surface area (Å²) in [5.74, 6) is -1.15. The van der Waals surface area contributed by atoms with Crippen molar-refractivity contribution >= 4 is 18.2 Å². The Labute approximate surface area is 168 Å². The first kappa shape index (κ1) is 20.2. The molecule has 2 aromatic carbocycles. The van der Waals surface area contributed by atoms with E-state index in [0.29, 0.717) is 0 Å². The van der Waals surface area contributed by atoms with Crippen LogP contribution in [0.25, 0.3) is 0 Å². The van der Waals surface area contributed by atoms with E-state index in [2.05, 4.69) is 5.32 Å². The molecular formula is C21H22N2O6. The fourth-order valence-corrected chi connectivity index (χ4v) is 3.11. The van der Waals surface area contributed by atoms with Crippen LogP contribution in [0.15, 0.2) is 60.7 Å². The molecule has 1 aliphatic rings. The summed E-state index contributed by atoms with van der Waals surface area (Å²) in [5.41, 5.74) is 1.63. The average Bonchev–Trinajstić information content (AvgIpc) is 3.16. The SMILES string of the molecule is O=C(N[C@H]1C[C@@H](C(=O)O)N(C(=O)OCc2ccccc2)C1)OCc1ccccc1. The lowest BCUT2D eigenvalue weighted by atomic mass is 10.2. The number of carboxylic acids is 1. The fourth-order valence-electron chi connectivity index (χ4n) is 3.11. The first-order valence-electron chi connectivity index (χ1n) is 9.20. The number of likely N-dealkylation sites (tertiary alicyclic amines) is 1. The lowest BCUT2D eigenvalue weighted by molar-refractivity contribution is -0.141. The number of hydrogen-bond donors (Lipinski definition) is 2. The highest BCUT2D eigenvalue weighted by molar-refractivity contribution is 5.81. The summed E-state index contributed by atoms with van der Waals surface area (Å²) in [4.78, 5) is 37.1. The number of rotatable bonds is 6. The first-order chi connectivity index (χ1) is 14.0. The second-order valence-corrected chi connectivity index (χ2v) is 6.69. The van der Waals surface area contributed by atoms with E-state index in [1.807, 2.05) is 48.5 Å². The maximum atomic E-state index is 12.4. The van der Waals surface area contributed by atoms with E-state index in [4.69, 9.17) is 9.47 Å². The van der Waals surface area contributed by atoms with Crippen molar-refractivity contribution in [3.8, 4) is 0 Å². The first-order valence-corrected chi connectivity index (χ1v) is 9.20. The van der Waals surface area contributed by atoms with Crippen LogP contribution < -0.4 is 5.32 Å². The van der Waals surface area contributed by atoms with Gasteiger partial charge in [0.25, 0.3) is 0 Å². The largest absolute Gasteiger partial charge is 0.480 e. The Kier molecular flexibility index (Phi) is 6.67. The molecule has 0 aromatic heterocycles. The zero-order chi connectivity index (χ0) is 20.6. The van der Waals surface area contributed by atoms with E-state index < -0.39 is 30.2 Å². The molecular weight excluding hydrogens is 376 g/mol. The van der Waals surface area contributed by atoms with Crippen LogP contribution in [0.3, 0.4) is 0 Å². The Morgan fingerprint density at radius 1 is 0.931 bits per heavy atom. The summed E-state index contributed by atoms with van der Waals surface area (Å²) < 4.78 is 10.4. The Morgan fingerprint density at radius 2 is 1.48 bits per heavy atom. The Hall–Kier alpha value is -3.55. The van der Waals surface area contributed by atoms with E-state index in [1.54, 1.807) is 12.1 Å². The van der Waals surface area contributed by atoms with Crippen LogP contribution in [0.1, 0.15) is 17.5 Å². The Balaban J connectivity index is 1.51. The second-order valence-electron chi connectivity index (χ2n) is 6.69. The van der Waals surface area contributed by atoms with Gasteiger partial charge in [-0.3, -0.25) is 4.90 Å². The molecule has 2 aromatic rings. The molecule has 0 spiro atoms. The van der Waals surface area contributed by atoms with E-state index >= 15 is 0 Å². The van der Waals surface area contributed by atoms with Crippen molar-refractivity contribution in [1.82, 2.24) is 10.2 Å². The van der Waals surface area contributed by atoms with E-state index in [0.717, 1.165) is 16.0 Å². The Morgan fingerprint density at radius 3 is 2.03 bits per heavy atom. The molecule has 0 saturated carbocycles. The van der Waals surface area contributed by atoms with Crippen LogP contribution in [-0.2, 0) is 27.5 Å². The molecule has 1 heterocycles. The number of alkyl carbamates (subject to hydrolysis) is 1. The summed E-state index contributed by atoms with van der Waals surface area (Å²) >= 11 is 0. The van der Waals surface area contributed by atoms with Gasteiger partial charge in [-0.05, 0) is 11.1 Å². The molecule has 8 nitrogen and oxygen atoms in total. The van der Waals surface area contributed by atoms with Gasteiger partial charge in [-0.2, -0.15) is 0 Å². The fraction of sp³-hybridized carbons (Fsp3) is 0.286. The minimum absolute atomic E-state index is 0.0328. The highest BCUT2D eigenvalue weighted by Gasteiger charge is 2.41. The number of nitrogens with zero attached hydrogens (tertiary/aromatic N) is 1. The third-order valence-corrected chi connectivity index (χ3v) is 4.56. The third-order valence-electron chi connectivity index (χ3n) is 4.56. The normalized spacial score (nSPS) is 18.1. The summed E-state index contributed by atoms with van der Waals surface area (Å²) in [6.45, 7) is 0.176. The quantitative estimate of drug-likeness (QED) is 0.775. The summed E-state index contributed by atoms with van der Waals surface area (Å²) in [5, 5.41) is 12.0. The minimum Gasteiger partial charge on any atom is -0.480 e. The monoisotopic (exact) mass is 398 g/mol. The predicted octanol–water partition coefficient (Wildman–Crippen LogP) is 2.78. The average molecular weight is 398 g/mol. The molecule has 2 N–H and O–H groups in total. The van der Waals surface area contributed by atoms with Crippen molar-refractivity contribution in [3.05, 3.63) is 71.8 Å². The van der Waals surface area contributed by atoms with Crippen LogP contribution >= 0.6 is 0 Å². The highest BCUT2D eigenvalue weighted by Crippen LogP contribution is 2.20. The number of carbonyl (C=O) groups is 3. The standard InChI is InChI=1S/C21H22N2O6/c24-19(25)18-11-17(22-20(26)28-13-15-7-3-1-4-8-15)12-23(18)21(27)29-14-16-9-5-2-6-10-16/h1-10,17-18H,11-14H2,(H,22,26)(H,24,25)/t17-,18-/m0/s1. The van der Waals surface area contributed by atoms with Gasteiger partial charge in [-0.15, -0.1) is 0 Å². The van der Waals surface area contributed by atoms with Crippen LogP contribution in [0.4, 0.5) is 9.59 Å². The van der Waals surface area contributed by atoms with Gasteiger partial charge in [0.05, 0.1) is 6.04 Å². The molecule has 2 amide bonds. The smallest absolute Gasteiger partial charge is 0.410 e. The minimum atomic E-state index is -1.15. The highest BCUT2D eigenvalue weighted by atomic mass is 16.6. The molecule has 0 bridgehead atoms. The lowest BCUT2D eigenvalue weighted by Crippen LogP contribution is -2.41. The summed E-state index contributed by atoms with van der Waals surface area (Å²) in [7, 11) is 0. The molecule has 29 heavy (non-hydrogen) atoms. The van der Waals surface area contributed by atoms with Crippen molar-refractivity contribution < 1.29 is 29.0 Å². The van der Waals surface area contributed by atoms with Gasteiger partial charge >= 0.3 is 18.2 Å². The number of aliphatic carboxylic acids is 1. The van der Waals surface area contributed by atoms with Crippen LogP contribution in [-0.4, -0.2) is 46.8 Å². The topological polar surface area (TPSA) is 105 Å². The van der Waals surface area contributed by atoms with Gasteiger partial charge in [-0.1, -0.05) is 60.7 Å². The molecule has 2 atom stereocenters. The van der Waals surface area contributed by atoms with E-state index in [1.165, 1.54) is 0 Å². The van der Waals surface area contributed by atoms with Gasteiger partial charge in [0.2, 0.25) is 0 Å². The number of hydrogen-bond acceptors (Lipinski definition) is 5. The molecule has 1 aliphatic heterocycles. The zero-order valence-corrected chi connectivity index (χ0v) is 15.7. The molecule has 3 rings (SSSR count). The zero-order valence-electron chi connectivity index (χ0n) is 15.7. The molecule has 8 heteroatoms. The molecule has 0 aliphatic carbocycles. The van der Waals surface area contributed by atoms with Gasteiger partial charge in [0, 0.05) is 13.0 Å². The van der Waals surface area contributed by atoms with Gasteiger partial charge < -0.3 is 19.9 Å². The van der Waals surface area contributed by atoms with E-state index in [-0.39, 0.29) is 26.2 Å². The van der Waals surface area contributed by atoms with Gasteiger partial charge in [-0.25, -0.2) is 14.4 Å². The van der Waals surface area contributed by atoms with Gasteiger partial charge in [0.1, 0.15) is 19.3 Å². The second kappa shape index (κ2) is 9.59. The molecule has 1 saturated heterocycles. The van der Waals surface area contributed by atoms with Crippen molar-refractivity contribution in [1.29, 1.82) is 0 Å². The lowest BCUT2D eigenvalue weighted by Gasteiger charge is -2.20. The maximum Gasteiger partial charge on any atom is 0.410 e.